The summed E-state index contributed by atoms with van der Waals surface area (Å²) in [4.78, 5) is 18.8. The van der Waals surface area contributed by atoms with Gasteiger partial charge in [0, 0.05) is 0 Å². The van der Waals surface area contributed by atoms with Crippen LogP contribution in [0.25, 0.3) is 0 Å². The van der Waals surface area contributed by atoms with Crippen molar-refractivity contribution in [3.63, 3.8) is 0 Å². The summed E-state index contributed by atoms with van der Waals surface area (Å²) in [5.41, 5.74) is 0. The summed E-state index contributed by atoms with van der Waals surface area (Å²) in [6.07, 6.45) is 5.32. The molecule has 0 aliphatic heterocycles. The van der Waals surface area contributed by atoms with Crippen molar-refractivity contribution < 1.29 is 19.8 Å². The van der Waals surface area contributed by atoms with Crippen molar-refractivity contribution in [3.8, 4) is 0 Å². The summed E-state index contributed by atoms with van der Waals surface area (Å²) in [7, 11) is 0. The van der Waals surface area contributed by atoms with Crippen molar-refractivity contribution in [1.82, 2.24) is 0 Å². The summed E-state index contributed by atoms with van der Waals surface area (Å²) in [6.45, 7) is 11.4. The predicted octanol–water partition coefficient (Wildman–Crippen LogP) is -0.0972. The first-order valence-electron chi connectivity index (χ1n) is 5.14. The molecule has 4 radical (unpaired) electrons. The Morgan fingerprint density at radius 2 is 1.12 bits per heavy atom. The summed E-state index contributed by atoms with van der Waals surface area (Å²) < 4.78 is 0. The minimum Gasteiger partial charge on any atom is -0.545 e. The summed E-state index contributed by atoms with van der Waals surface area (Å²) in [5, 5.41) is 18.8. The van der Waals surface area contributed by atoms with Crippen LogP contribution in [-0.4, -0.2) is 35.8 Å². The second kappa shape index (κ2) is 24.6. The fraction of sp³-hybridized carbons (Fsp3) is 0.500. The molecular formula is C12H20O4Sn. The van der Waals surface area contributed by atoms with Gasteiger partial charge < -0.3 is 19.8 Å². The summed E-state index contributed by atoms with van der Waals surface area (Å²) in [6, 6.07) is 0. The van der Waals surface area contributed by atoms with Crippen molar-refractivity contribution in [2.24, 2.45) is 0 Å². The predicted molar refractivity (Wildman–Crippen MR) is 65.4 cm³/mol. The monoisotopic (exact) mass is 348 g/mol. The number of hydrogen-bond donors (Lipinski definition) is 0. The summed E-state index contributed by atoms with van der Waals surface area (Å²) in [5.74, 6) is -3.09. The van der Waals surface area contributed by atoms with E-state index >= 15 is 0 Å². The molecule has 0 saturated heterocycles. The second-order valence-electron chi connectivity index (χ2n) is 2.68. The van der Waals surface area contributed by atoms with Crippen LogP contribution in [0.4, 0.5) is 0 Å². The van der Waals surface area contributed by atoms with Gasteiger partial charge in [0.25, 0.3) is 0 Å². The van der Waals surface area contributed by atoms with Crippen LogP contribution in [0, 0.1) is 13.8 Å². The van der Waals surface area contributed by atoms with Crippen molar-refractivity contribution in [1.29, 1.82) is 0 Å². The molecule has 0 aromatic rings. The van der Waals surface area contributed by atoms with Gasteiger partial charge in [0.1, 0.15) is 0 Å². The van der Waals surface area contributed by atoms with Crippen LogP contribution in [-0.2, 0) is 9.59 Å². The molecule has 0 fully saturated rings. The average molecular weight is 347 g/mol. The molecule has 17 heavy (non-hydrogen) atoms. The molecule has 0 amide bonds. The fourth-order valence-corrected chi connectivity index (χ4v) is 0.136. The van der Waals surface area contributed by atoms with Crippen LogP contribution in [0.5, 0.6) is 0 Å². The molecule has 0 spiro atoms. The van der Waals surface area contributed by atoms with Crippen molar-refractivity contribution >= 4 is 35.8 Å². The Bertz CT molecular complexity index is 167. The van der Waals surface area contributed by atoms with E-state index in [-0.39, 0.29) is 23.9 Å². The molecule has 0 rings (SSSR count). The smallest absolute Gasteiger partial charge is 0.545 e. The molecule has 0 atom stereocenters. The number of carboxylic acids is 2. The van der Waals surface area contributed by atoms with E-state index in [0.717, 1.165) is 12.8 Å². The minimum absolute atomic E-state index is 0. The van der Waals surface area contributed by atoms with Crippen LogP contribution >= 0.6 is 0 Å². The average Bonchev–Trinajstić information content (AvgIpc) is 2.27. The van der Waals surface area contributed by atoms with Crippen LogP contribution in [0.1, 0.15) is 39.5 Å². The Kier molecular flexibility index (Phi) is 36.7. The number of carbonyl (C=O) groups is 2. The first kappa shape index (κ1) is 25.4. The van der Waals surface area contributed by atoms with E-state index in [0.29, 0.717) is 12.2 Å². The van der Waals surface area contributed by atoms with Gasteiger partial charge in [-0.05, 0) is 12.2 Å². The normalized spacial score (nSPS) is 8.00. The maximum atomic E-state index is 9.41. The topological polar surface area (TPSA) is 80.3 Å². The van der Waals surface area contributed by atoms with E-state index in [9.17, 15) is 19.8 Å². The maximum Gasteiger partial charge on any atom is 2.00 e. The molecular weight excluding hydrogens is 327 g/mol. The number of carboxylic acid groups (broad SMARTS) is 2. The molecule has 0 aromatic carbocycles. The molecule has 0 unspecified atom stereocenters. The zero-order chi connectivity index (χ0) is 13.4. The van der Waals surface area contributed by atoms with E-state index in [1.807, 2.05) is 0 Å². The van der Waals surface area contributed by atoms with Gasteiger partial charge in [0.05, 0.1) is 11.9 Å². The largest absolute Gasteiger partial charge is 2.00 e. The van der Waals surface area contributed by atoms with Crippen LogP contribution in [0.2, 0.25) is 0 Å². The Labute approximate surface area is 121 Å². The third-order valence-corrected chi connectivity index (χ3v) is 1.06. The van der Waals surface area contributed by atoms with E-state index < -0.39 is 11.9 Å². The molecule has 4 nitrogen and oxygen atoms in total. The van der Waals surface area contributed by atoms with Gasteiger partial charge in [0.15, 0.2) is 0 Å². The van der Waals surface area contributed by atoms with E-state index in [1.165, 1.54) is 12.8 Å². The molecule has 0 aliphatic rings. The Morgan fingerprint density at radius 3 is 1.18 bits per heavy atom. The van der Waals surface area contributed by atoms with Crippen molar-refractivity contribution in [2.45, 2.75) is 39.5 Å². The van der Waals surface area contributed by atoms with Crippen LogP contribution in [0.15, 0.2) is 12.2 Å². The Morgan fingerprint density at radius 1 is 0.941 bits per heavy atom. The van der Waals surface area contributed by atoms with Crippen LogP contribution in [0.3, 0.4) is 0 Å². The van der Waals surface area contributed by atoms with Crippen molar-refractivity contribution in [3.05, 3.63) is 26.0 Å². The number of unbranched alkanes of at least 4 members (excludes halogenated alkanes) is 2. The molecule has 0 N–H and O–H groups in total. The Hall–Kier alpha value is -0.521. The molecule has 96 valence electrons. The molecule has 0 saturated carbocycles. The quantitative estimate of drug-likeness (QED) is 0.526. The Balaban J connectivity index is -0.0000000806. The molecule has 0 aliphatic carbocycles. The number of carbonyl (C=O) groups excluding carboxylic acids is 2. The van der Waals surface area contributed by atoms with Gasteiger partial charge in [0.2, 0.25) is 0 Å². The zero-order valence-electron chi connectivity index (χ0n) is 10.5. The molecule has 0 bridgehead atoms. The first-order valence-corrected chi connectivity index (χ1v) is 5.14. The van der Waals surface area contributed by atoms with Gasteiger partial charge in [-0.15, -0.1) is 0 Å². The van der Waals surface area contributed by atoms with E-state index in [4.69, 9.17) is 0 Å². The minimum atomic E-state index is -1.55. The van der Waals surface area contributed by atoms with E-state index in [1.54, 1.807) is 0 Å². The first-order chi connectivity index (χ1) is 7.45. The van der Waals surface area contributed by atoms with Crippen LogP contribution < -0.4 is 10.2 Å². The third kappa shape index (κ3) is 67.0. The number of rotatable bonds is 4. The van der Waals surface area contributed by atoms with Gasteiger partial charge in [-0.3, -0.25) is 0 Å². The maximum absolute atomic E-state index is 9.41. The van der Waals surface area contributed by atoms with Crippen molar-refractivity contribution in [2.75, 3.05) is 0 Å². The molecule has 0 aromatic heterocycles. The van der Waals surface area contributed by atoms with E-state index in [2.05, 4.69) is 27.7 Å². The SMILES string of the molecule is O=C([O-])/C=C\C(=O)[O-].[CH2]CCC.[CH2]CCC.[Sn+2]. The number of hydrogen-bond acceptors (Lipinski definition) is 4. The standard InChI is InChI=1S/C4H4O4.2C4H9.Sn/c5-3(6)1-2-4(7)8;2*1-3-4-2;/h1-2H,(H,5,6)(H,7,8);2*1,3-4H2,2H3;/q;;;+2/p-2/b2-1-;;;. The van der Waals surface area contributed by atoms with Gasteiger partial charge in [-0.25, -0.2) is 0 Å². The third-order valence-electron chi connectivity index (χ3n) is 1.06. The second-order valence-corrected chi connectivity index (χ2v) is 2.68. The van der Waals surface area contributed by atoms with Gasteiger partial charge in [-0.1, -0.05) is 53.4 Å². The molecule has 0 heterocycles. The van der Waals surface area contributed by atoms with Gasteiger partial charge in [-0.2, -0.15) is 0 Å². The zero-order valence-corrected chi connectivity index (χ0v) is 13.4. The number of aliphatic carboxylic acids is 2. The fourth-order valence-electron chi connectivity index (χ4n) is 0.136. The van der Waals surface area contributed by atoms with Gasteiger partial charge >= 0.3 is 23.9 Å². The summed E-state index contributed by atoms with van der Waals surface area (Å²) >= 11 is 0. The molecule has 5 heteroatoms.